The van der Waals surface area contributed by atoms with Crippen molar-refractivity contribution in [3.63, 3.8) is 0 Å². The Morgan fingerprint density at radius 1 is 1.10 bits per heavy atom. The van der Waals surface area contributed by atoms with E-state index < -0.39 is 23.9 Å². The van der Waals surface area contributed by atoms with Gasteiger partial charge in [-0.2, -0.15) is 0 Å². The van der Waals surface area contributed by atoms with Crippen molar-refractivity contribution < 1.29 is 23.9 Å². The fourth-order valence-electron chi connectivity index (χ4n) is 1.46. The molecular formula is C15H23NO5. The van der Waals surface area contributed by atoms with Crippen LogP contribution >= 0.6 is 0 Å². The summed E-state index contributed by atoms with van der Waals surface area (Å²) < 4.78 is 9.67. The average molecular weight is 297 g/mol. The maximum absolute atomic E-state index is 11.8. The van der Waals surface area contributed by atoms with E-state index in [-0.39, 0.29) is 26.1 Å². The third-order valence-electron chi connectivity index (χ3n) is 2.38. The van der Waals surface area contributed by atoms with E-state index in [0.717, 1.165) is 0 Å². The van der Waals surface area contributed by atoms with Crippen LogP contribution in [0.2, 0.25) is 0 Å². The summed E-state index contributed by atoms with van der Waals surface area (Å²) in [6, 6.07) is -0.864. The molecule has 0 bridgehead atoms. The first-order chi connectivity index (χ1) is 10.0. The Hall–Kier alpha value is -2.11. The molecule has 0 heterocycles. The van der Waals surface area contributed by atoms with E-state index in [1.165, 1.54) is 6.08 Å². The van der Waals surface area contributed by atoms with Gasteiger partial charge in [-0.1, -0.05) is 18.2 Å². The van der Waals surface area contributed by atoms with Crippen LogP contribution in [-0.2, 0) is 23.9 Å². The van der Waals surface area contributed by atoms with Gasteiger partial charge in [-0.05, 0) is 27.2 Å². The topological polar surface area (TPSA) is 81.7 Å². The van der Waals surface area contributed by atoms with E-state index in [9.17, 15) is 14.4 Å². The van der Waals surface area contributed by atoms with E-state index >= 15 is 0 Å². The standard InChI is InChI=1S/C15H23NO5/c1-4-7-8-9-13(17)16-12(15(19)21-6-3)10-11-14(18)20-5-2/h4,7-9,12H,5-6,10-11H2,1-3H3,(H,16,17)/b7-4+,9-8+/t12-/m0/s1. The van der Waals surface area contributed by atoms with Crippen LogP contribution in [0.15, 0.2) is 24.3 Å². The molecule has 0 fully saturated rings. The van der Waals surface area contributed by atoms with Crippen LogP contribution in [0, 0.1) is 0 Å². The highest BCUT2D eigenvalue weighted by atomic mass is 16.5. The maximum Gasteiger partial charge on any atom is 0.328 e. The van der Waals surface area contributed by atoms with Gasteiger partial charge in [0, 0.05) is 12.5 Å². The molecule has 0 aliphatic heterocycles. The van der Waals surface area contributed by atoms with E-state index in [0.29, 0.717) is 0 Å². The monoisotopic (exact) mass is 297 g/mol. The molecule has 118 valence electrons. The molecule has 0 aliphatic rings. The predicted molar refractivity (Wildman–Crippen MR) is 78.4 cm³/mol. The Kier molecular flexibility index (Phi) is 10.5. The van der Waals surface area contributed by atoms with Gasteiger partial charge in [-0.15, -0.1) is 0 Å². The first kappa shape index (κ1) is 18.9. The molecule has 0 saturated heterocycles. The molecule has 0 rings (SSSR count). The van der Waals surface area contributed by atoms with Gasteiger partial charge in [0.1, 0.15) is 6.04 Å². The van der Waals surface area contributed by atoms with Crippen molar-refractivity contribution >= 4 is 17.8 Å². The summed E-state index contributed by atoms with van der Waals surface area (Å²) in [5, 5.41) is 2.52. The van der Waals surface area contributed by atoms with E-state index in [1.807, 2.05) is 6.92 Å². The fourth-order valence-corrected chi connectivity index (χ4v) is 1.46. The maximum atomic E-state index is 11.8. The van der Waals surface area contributed by atoms with Crippen molar-refractivity contribution in [1.82, 2.24) is 5.32 Å². The van der Waals surface area contributed by atoms with Crippen molar-refractivity contribution in [2.75, 3.05) is 13.2 Å². The average Bonchev–Trinajstić information content (AvgIpc) is 2.44. The Morgan fingerprint density at radius 2 is 1.76 bits per heavy atom. The quantitative estimate of drug-likeness (QED) is 0.396. The highest BCUT2D eigenvalue weighted by molar-refractivity contribution is 5.91. The smallest absolute Gasteiger partial charge is 0.328 e. The molecule has 6 heteroatoms. The predicted octanol–water partition coefficient (Wildman–Crippen LogP) is 1.51. The van der Waals surface area contributed by atoms with Crippen LogP contribution in [-0.4, -0.2) is 37.1 Å². The van der Waals surface area contributed by atoms with Gasteiger partial charge in [-0.3, -0.25) is 9.59 Å². The molecule has 0 unspecified atom stereocenters. The lowest BCUT2D eigenvalue weighted by Gasteiger charge is -2.15. The Balaban J connectivity index is 4.55. The lowest BCUT2D eigenvalue weighted by atomic mass is 10.1. The van der Waals surface area contributed by atoms with Gasteiger partial charge in [0.2, 0.25) is 5.91 Å². The van der Waals surface area contributed by atoms with Gasteiger partial charge >= 0.3 is 11.9 Å². The second-order valence-corrected chi connectivity index (χ2v) is 4.04. The van der Waals surface area contributed by atoms with Crippen molar-refractivity contribution in [2.24, 2.45) is 0 Å². The van der Waals surface area contributed by atoms with Crippen molar-refractivity contribution in [3.05, 3.63) is 24.3 Å². The number of hydrogen-bond donors (Lipinski definition) is 1. The largest absolute Gasteiger partial charge is 0.466 e. The molecule has 1 N–H and O–H groups in total. The molecule has 0 radical (unpaired) electrons. The van der Waals surface area contributed by atoms with Crippen molar-refractivity contribution in [3.8, 4) is 0 Å². The number of carbonyl (C=O) groups is 3. The number of hydrogen-bond acceptors (Lipinski definition) is 5. The van der Waals surface area contributed by atoms with E-state index in [4.69, 9.17) is 9.47 Å². The normalized spacial score (nSPS) is 12.3. The summed E-state index contributed by atoms with van der Waals surface area (Å²) in [6.45, 7) is 5.69. The zero-order valence-corrected chi connectivity index (χ0v) is 12.8. The Morgan fingerprint density at radius 3 is 2.33 bits per heavy atom. The molecule has 1 amide bonds. The summed E-state index contributed by atoms with van der Waals surface area (Å²) in [5.41, 5.74) is 0. The van der Waals surface area contributed by atoms with Gasteiger partial charge in [-0.25, -0.2) is 4.79 Å². The molecule has 0 aromatic carbocycles. The fraction of sp³-hybridized carbons (Fsp3) is 0.533. The van der Waals surface area contributed by atoms with Gasteiger partial charge in [0.05, 0.1) is 13.2 Å². The molecule has 1 atom stereocenters. The SMILES string of the molecule is C/C=C/C=C/C(=O)N[C@@H](CCC(=O)OCC)C(=O)OCC. The second kappa shape index (κ2) is 11.7. The lowest BCUT2D eigenvalue weighted by molar-refractivity contribution is -0.148. The number of rotatable bonds is 9. The molecule has 21 heavy (non-hydrogen) atoms. The first-order valence-electron chi connectivity index (χ1n) is 6.97. The highest BCUT2D eigenvalue weighted by Crippen LogP contribution is 2.02. The molecule has 0 aromatic heterocycles. The summed E-state index contributed by atoms with van der Waals surface area (Å²) in [4.78, 5) is 34.7. The van der Waals surface area contributed by atoms with Crippen LogP contribution in [0.3, 0.4) is 0 Å². The summed E-state index contributed by atoms with van der Waals surface area (Å²) in [6.07, 6.45) is 6.50. The Labute approximate surface area is 125 Å². The molecule has 6 nitrogen and oxygen atoms in total. The lowest BCUT2D eigenvalue weighted by Crippen LogP contribution is -2.41. The van der Waals surface area contributed by atoms with Crippen molar-refractivity contribution in [1.29, 1.82) is 0 Å². The highest BCUT2D eigenvalue weighted by Gasteiger charge is 2.22. The second-order valence-electron chi connectivity index (χ2n) is 4.04. The molecule has 0 saturated carbocycles. The number of nitrogens with one attached hydrogen (secondary N) is 1. The number of carbonyl (C=O) groups excluding carboxylic acids is 3. The minimum Gasteiger partial charge on any atom is -0.466 e. The Bertz CT molecular complexity index is 401. The molecule has 0 aliphatic carbocycles. The molecule has 0 spiro atoms. The van der Waals surface area contributed by atoms with Gasteiger partial charge in [0.15, 0.2) is 0 Å². The summed E-state index contributed by atoms with van der Waals surface area (Å²) >= 11 is 0. The van der Waals surface area contributed by atoms with Crippen LogP contribution in [0.1, 0.15) is 33.6 Å². The van der Waals surface area contributed by atoms with Crippen LogP contribution in [0.25, 0.3) is 0 Å². The minimum atomic E-state index is -0.864. The number of amides is 1. The minimum absolute atomic E-state index is 0.0379. The third kappa shape index (κ3) is 9.43. The summed E-state index contributed by atoms with van der Waals surface area (Å²) in [7, 11) is 0. The van der Waals surface area contributed by atoms with Gasteiger partial charge in [0.25, 0.3) is 0 Å². The number of ether oxygens (including phenoxy) is 2. The molecular weight excluding hydrogens is 274 g/mol. The van der Waals surface area contributed by atoms with Crippen molar-refractivity contribution in [2.45, 2.75) is 39.7 Å². The third-order valence-corrected chi connectivity index (χ3v) is 2.38. The first-order valence-corrected chi connectivity index (χ1v) is 6.97. The van der Waals surface area contributed by atoms with E-state index in [2.05, 4.69) is 5.32 Å². The van der Waals surface area contributed by atoms with Gasteiger partial charge < -0.3 is 14.8 Å². The van der Waals surface area contributed by atoms with Crippen LogP contribution < -0.4 is 5.32 Å². The molecule has 0 aromatic rings. The zero-order valence-electron chi connectivity index (χ0n) is 12.8. The number of esters is 2. The summed E-state index contributed by atoms with van der Waals surface area (Å²) in [5.74, 6) is -1.39. The van der Waals surface area contributed by atoms with Crippen LogP contribution in [0.4, 0.5) is 0 Å². The van der Waals surface area contributed by atoms with E-state index in [1.54, 1.807) is 32.1 Å². The zero-order chi connectivity index (χ0) is 16.1. The van der Waals surface area contributed by atoms with Crippen LogP contribution in [0.5, 0.6) is 0 Å². The number of allylic oxidation sites excluding steroid dienone is 3.